The Morgan fingerprint density at radius 2 is 1.86 bits per heavy atom. The highest BCUT2D eigenvalue weighted by atomic mass is 32.2. The maximum Gasteiger partial charge on any atom is 0.286 e. The van der Waals surface area contributed by atoms with Gasteiger partial charge in [-0.15, -0.1) is 22.7 Å². The van der Waals surface area contributed by atoms with Crippen molar-refractivity contribution >= 4 is 45.6 Å². The van der Waals surface area contributed by atoms with Crippen LogP contribution in [0.5, 0.6) is 0 Å². The van der Waals surface area contributed by atoms with Crippen LogP contribution in [-0.2, 0) is 17.6 Å². The molecule has 29 heavy (non-hydrogen) atoms. The zero-order valence-electron chi connectivity index (χ0n) is 15.8. The second-order valence-corrected chi connectivity index (χ2v) is 10.5. The minimum atomic E-state index is -0.608. The van der Waals surface area contributed by atoms with E-state index in [1.54, 1.807) is 22.7 Å². The van der Waals surface area contributed by atoms with Crippen LogP contribution in [0.3, 0.4) is 0 Å². The molecular weight excluding hydrogens is 424 g/mol. The predicted molar refractivity (Wildman–Crippen MR) is 119 cm³/mol. The maximum absolute atomic E-state index is 11.7. The van der Waals surface area contributed by atoms with Gasteiger partial charge in [0.05, 0.1) is 17.0 Å². The number of carbonyl (C=O) groups is 2. The van der Waals surface area contributed by atoms with Gasteiger partial charge in [0, 0.05) is 26.6 Å². The summed E-state index contributed by atoms with van der Waals surface area (Å²) in [6, 6.07) is 14.0. The molecular formula is C21H20N2O3S3. The lowest BCUT2D eigenvalue weighted by molar-refractivity contribution is -0.118. The molecule has 2 unspecified atom stereocenters. The van der Waals surface area contributed by atoms with Gasteiger partial charge in [-0.1, -0.05) is 42.1 Å². The molecule has 150 valence electrons. The van der Waals surface area contributed by atoms with Crippen molar-refractivity contribution in [3.05, 3.63) is 62.8 Å². The molecule has 3 heterocycles. The van der Waals surface area contributed by atoms with Crippen LogP contribution in [0.25, 0.3) is 10.6 Å². The Labute approximate surface area is 181 Å². The van der Waals surface area contributed by atoms with E-state index in [1.165, 1.54) is 0 Å². The zero-order chi connectivity index (χ0) is 20.4. The predicted octanol–water partition coefficient (Wildman–Crippen LogP) is 4.74. The number of aliphatic hydroxyl groups excluding tert-OH is 1. The first-order chi connectivity index (χ1) is 14.0. The molecule has 2 N–H and O–H groups in total. The lowest BCUT2D eigenvalue weighted by atomic mass is 10.1. The van der Waals surface area contributed by atoms with Gasteiger partial charge >= 0.3 is 0 Å². The highest BCUT2D eigenvalue weighted by molar-refractivity contribution is 8.15. The number of imide groups is 1. The molecule has 5 nitrogen and oxygen atoms in total. The Hall–Kier alpha value is -2.00. The second kappa shape index (κ2) is 8.79. The average Bonchev–Trinajstić information content (AvgIpc) is 3.40. The van der Waals surface area contributed by atoms with Crippen molar-refractivity contribution in [1.29, 1.82) is 0 Å². The highest BCUT2D eigenvalue weighted by Gasteiger charge is 2.31. The van der Waals surface area contributed by atoms with Gasteiger partial charge in [-0.3, -0.25) is 14.9 Å². The third-order valence-electron chi connectivity index (χ3n) is 4.70. The molecule has 2 atom stereocenters. The molecule has 2 aromatic heterocycles. The molecule has 0 aliphatic carbocycles. The summed E-state index contributed by atoms with van der Waals surface area (Å²) in [4.78, 5) is 31.0. The molecule has 4 rings (SSSR count). The molecule has 1 aliphatic heterocycles. The Kier molecular flexibility index (Phi) is 6.15. The molecule has 0 bridgehead atoms. The van der Waals surface area contributed by atoms with E-state index < -0.39 is 6.10 Å². The molecule has 1 aromatic carbocycles. The van der Waals surface area contributed by atoms with Gasteiger partial charge in [0.25, 0.3) is 5.24 Å². The number of thioether (sulfide) groups is 1. The van der Waals surface area contributed by atoms with Crippen molar-refractivity contribution in [2.45, 2.75) is 37.5 Å². The van der Waals surface area contributed by atoms with Crippen LogP contribution in [0.2, 0.25) is 0 Å². The average molecular weight is 445 g/mol. The monoisotopic (exact) mass is 444 g/mol. The van der Waals surface area contributed by atoms with Gasteiger partial charge in [-0.25, -0.2) is 4.98 Å². The number of thiophene rings is 1. The summed E-state index contributed by atoms with van der Waals surface area (Å²) in [5, 5.41) is 13.3. The Morgan fingerprint density at radius 3 is 2.59 bits per heavy atom. The van der Waals surface area contributed by atoms with Gasteiger partial charge in [0.2, 0.25) is 5.91 Å². The smallest absolute Gasteiger partial charge is 0.286 e. The van der Waals surface area contributed by atoms with Crippen LogP contribution in [-0.4, -0.2) is 26.5 Å². The SMILES string of the molecule is Cc1sc(-c2ccccc2)nc1C(O)CCc1ccc(CC2SC(=O)NC2=O)s1. The van der Waals surface area contributed by atoms with Crippen molar-refractivity contribution in [2.75, 3.05) is 0 Å². The number of hydrogen-bond donors (Lipinski definition) is 2. The number of thiazole rings is 1. The number of amides is 2. The van der Waals surface area contributed by atoms with Gasteiger partial charge in [-0.05, 0) is 31.9 Å². The molecule has 1 fully saturated rings. The minimum absolute atomic E-state index is 0.210. The van der Waals surface area contributed by atoms with E-state index >= 15 is 0 Å². The highest BCUT2D eigenvalue weighted by Crippen LogP contribution is 2.33. The number of hydrogen-bond acceptors (Lipinski definition) is 7. The number of aliphatic hydroxyl groups is 1. The third-order valence-corrected chi connectivity index (χ3v) is 7.89. The van der Waals surface area contributed by atoms with E-state index in [-0.39, 0.29) is 16.4 Å². The van der Waals surface area contributed by atoms with Crippen LogP contribution < -0.4 is 5.32 Å². The topological polar surface area (TPSA) is 79.3 Å². The molecule has 2 amide bonds. The molecule has 1 aliphatic rings. The summed E-state index contributed by atoms with van der Waals surface area (Å²) in [5.41, 5.74) is 1.82. The number of rotatable bonds is 7. The Bertz CT molecular complexity index is 1030. The standard InChI is InChI=1S/C21H20N2O3S3/c1-12-18(22-20(27-12)13-5-3-2-4-6-13)16(24)10-9-14-7-8-15(28-14)11-17-19(25)23-21(26)29-17/h2-8,16-17,24H,9-11H2,1H3,(H,23,25,26). The Morgan fingerprint density at radius 1 is 1.10 bits per heavy atom. The Balaban J connectivity index is 1.36. The second-order valence-electron chi connectivity index (χ2n) is 6.84. The number of benzene rings is 1. The van der Waals surface area contributed by atoms with Gasteiger partial charge < -0.3 is 5.11 Å². The molecule has 0 spiro atoms. The summed E-state index contributed by atoms with van der Waals surface area (Å²) in [6.45, 7) is 2.00. The van der Waals surface area contributed by atoms with Crippen molar-refractivity contribution in [3.63, 3.8) is 0 Å². The number of aryl methyl sites for hydroxylation is 2. The molecule has 0 saturated carbocycles. The van der Waals surface area contributed by atoms with E-state index in [1.807, 2.05) is 49.4 Å². The van der Waals surface area contributed by atoms with E-state index in [2.05, 4.69) is 10.3 Å². The first kappa shape index (κ1) is 20.3. The fourth-order valence-corrected chi connectivity index (χ4v) is 6.22. The molecule has 0 radical (unpaired) electrons. The van der Waals surface area contributed by atoms with E-state index in [9.17, 15) is 14.7 Å². The fourth-order valence-electron chi connectivity index (χ4n) is 3.21. The van der Waals surface area contributed by atoms with E-state index in [4.69, 9.17) is 0 Å². The summed E-state index contributed by atoms with van der Waals surface area (Å²) in [5.74, 6) is -0.210. The quantitative estimate of drug-likeness (QED) is 0.550. The summed E-state index contributed by atoms with van der Waals surface area (Å²) >= 11 is 4.29. The van der Waals surface area contributed by atoms with Crippen molar-refractivity contribution in [3.8, 4) is 10.6 Å². The molecule has 3 aromatic rings. The summed E-state index contributed by atoms with van der Waals surface area (Å²) in [6.07, 6.45) is 1.28. The normalized spacial score (nSPS) is 17.5. The number of nitrogens with zero attached hydrogens (tertiary/aromatic N) is 1. The number of aromatic nitrogens is 1. The largest absolute Gasteiger partial charge is 0.387 e. The van der Waals surface area contributed by atoms with Crippen LogP contribution >= 0.6 is 34.4 Å². The van der Waals surface area contributed by atoms with Gasteiger partial charge in [0.1, 0.15) is 5.01 Å². The van der Waals surface area contributed by atoms with Crippen molar-refractivity contribution in [1.82, 2.24) is 10.3 Å². The number of nitrogens with one attached hydrogen (secondary N) is 1. The molecule has 8 heteroatoms. The minimum Gasteiger partial charge on any atom is -0.387 e. The first-order valence-corrected chi connectivity index (χ1v) is 11.8. The lowest BCUT2D eigenvalue weighted by Gasteiger charge is -2.08. The van der Waals surface area contributed by atoms with Gasteiger partial charge in [0.15, 0.2) is 0 Å². The summed E-state index contributed by atoms with van der Waals surface area (Å²) < 4.78 is 0. The van der Waals surface area contributed by atoms with Gasteiger partial charge in [-0.2, -0.15) is 0 Å². The third kappa shape index (κ3) is 4.78. The van der Waals surface area contributed by atoms with Crippen LogP contribution in [0, 0.1) is 6.92 Å². The van der Waals surface area contributed by atoms with Crippen LogP contribution in [0.1, 0.15) is 32.9 Å². The zero-order valence-corrected chi connectivity index (χ0v) is 18.2. The fraction of sp³-hybridized carbons (Fsp3) is 0.286. The van der Waals surface area contributed by atoms with E-state index in [0.717, 1.165) is 49.1 Å². The van der Waals surface area contributed by atoms with Crippen molar-refractivity contribution < 1.29 is 14.7 Å². The van der Waals surface area contributed by atoms with E-state index in [0.29, 0.717) is 12.8 Å². The maximum atomic E-state index is 11.7. The van der Waals surface area contributed by atoms with Crippen LogP contribution in [0.15, 0.2) is 42.5 Å². The number of carbonyl (C=O) groups excluding carboxylic acids is 2. The summed E-state index contributed by atoms with van der Waals surface area (Å²) in [7, 11) is 0. The lowest BCUT2D eigenvalue weighted by Crippen LogP contribution is -2.25. The van der Waals surface area contributed by atoms with Crippen molar-refractivity contribution in [2.24, 2.45) is 0 Å². The first-order valence-electron chi connectivity index (χ1n) is 9.29. The molecule has 1 saturated heterocycles. The van der Waals surface area contributed by atoms with Crippen LogP contribution in [0.4, 0.5) is 4.79 Å².